The van der Waals surface area contributed by atoms with Gasteiger partial charge in [0.2, 0.25) is 0 Å². The Morgan fingerprint density at radius 1 is 1.07 bits per heavy atom. The standard InChI is InChI=1S/C22H29N5O.HI/c1-17-26-20-11-6-7-12-21(20)27(17)14-8-13-24-22(23-2)25-15-18-9-4-5-10-19(18)16-28-3;/h4-7,9-12H,8,13-16H2,1-3H3,(H2,23,24,25);1H. The lowest BCUT2D eigenvalue weighted by Crippen LogP contribution is -2.37. The first-order valence-corrected chi connectivity index (χ1v) is 9.65. The van der Waals surface area contributed by atoms with Crippen LogP contribution in [0.1, 0.15) is 23.4 Å². The number of aryl methyl sites for hydroxylation is 2. The number of rotatable bonds is 8. The van der Waals surface area contributed by atoms with Crippen molar-refractivity contribution < 1.29 is 4.74 Å². The van der Waals surface area contributed by atoms with Gasteiger partial charge in [-0.3, -0.25) is 4.99 Å². The molecular weight excluding hydrogens is 477 g/mol. The van der Waals surface area contributed by atoms with Gasteiger partial charge < -0.3 is 19.9 Å². The summed E-state index contributed by atoms with van der Waals surface area (Å²) < 4.78 is 7.55. The van der Waals surface area contributed by atoms with Crippen LogP contribution in [0.4, 0.5) is 0 Å². The van der Waals surface area contributed by atoms with Crippen LogP contribution in [0.25, 0.3) is 11.0 Å². The van der Waals surface area contributed by atoms with E-state index in [-0.39, 0.29) is 24.0 Å². The number of nitrogens with one attached hydrogen (secondary N) is 2. The van der Waals surface area contributed by atoms with Crippen molar-refractivity contribution in [2.24, 2.45) is 4.99 Å². The summed E-state index contributed by atoms with van der Waals surface area (Å²) >= 11 is 0. The highest BCUT2D eigenvalue weighted by atomic mass is 127. The molecule has 0 bridgehead atoms. The average Bonchev–Trinajstić information content (AvgIpc) is 3.04. The number of hydrogen-bond acceptors (Lipinski definition) is 3. The van der Waals surface area contributed by atoms with E-state index >= 15 is 0 Å². The number of halogens is 1. The highest BCUT2D eigenvalue weighted by Crippen LogP contribution is 2.15. The molecule has 1 heterocycles. The number of nitrogens with zero attached hydrogens (tertiary/aromatic N) is 3. The molecule has 1 aromatic heterocycles. The predicted molar refractivity (Wildman–Crippen MR) is 130 cm³/mol. The van der Waals surface area contributed by atoms with Gasteiger partial charge in [-0.05, 0) is 36.6 Å². The Morgan fingerprint density at radius 3 is 2.55 bits per heavy atom. The number of aliphatic imine (C=N–C) groups is 1. The molecule has 0 amide bonds. The third-order valence-corrected chi connectivity index (χ3v) is 4.78. The van der Waals surface area contributed by atoms with Crippen LogP contribution in [0, 0.1) is 6.92 Å². The first-order valence-electron chi connectivity index (χ1n) is 9.65. The topological polar surface area (TPSA) is 63.5 Å². The van der Waals surface area contributed by atoms with E-state index < -0.39 is 0 Å². The van der Waals surface area contributed by atoms with Gasteiger partial charge in [0.25, 0.3) is 0 Å². The first kappa shape index (κ1) is 23.2. The Balaban J connectivity index is 0.00000300. The molecule has 0 aliphatic heterocycles. The minimum Gasteiger partial charge on any atom is -0.380 e. The lowest BCUT2D eigenvalue weighted by molar-refractivity contribution is 0.184. The second-order valence-electron chi connectivity index (χ2n) is 6.71. The fraction of sp³-hybridized carbons (Fsp3) is 0.364. The predicted octanol–water partition coefficient (Wildman–Crippen LogP) is 3.86. The highest BCUT2D eigenvalue weighted by Gasteiger charge is 2.07. The summed E-state index contributed by atoms with van der Waals surface area (Å²) in [6, 6.07) is 16.6. The maximum Gasteiger partial charge on any atom is 0.191 e. The van der Waals surface area contributed by atoms with E-state index in [1.165, 1.54) is 16.6 Å². The van der Waals surface area contributed by atoms with Crippen LogP contribution in [-0.2, 0) is 24.4 Å². The van der Waals surface area contributed by atoms with Crippen molar-refractivity contribution in [3.8, 4) is 0 Å². The molecular formula is C22H30IN5O. The molecule has 156 valence electrons. The van der Waals surface area contributed by atoms with Crippen LogP contribution in [-0.4, -0.2) is 36.2 Å². The summed E-state index contributed by atoms with van der Waals surface area (Å²) in [6.07, 6.45) is 0.988. The van der Waals surface area contributed by atoms with Gasteiger partial charge in [0.1, 0.15) is 5.82 Å². The third-order valence-electron chi connectivity index (χ3n) is 4.78. The zero-order chi connectivity index (χ0) is 19.8. The number of methoxy groups -OCH3 is 1. The smallest absolute Gasteiger partial charge is 0.191 e. The number of aromatic nitrogens is 2. The molecule has 0 unspecified atom stereocenters. The number of guanidine groups is 1. The summed E-state index contributed by atoms with van der Waals surface area (Å²) in [6.45, 7) is 5.15. The average molecular weight is 507 g/mol. The minimum absolute atomic E-state index is 0. The first-order chi connectivity index (χ1) is 13.7. The van der Waals surface area contributed by atoms with E-state index in [1.54, 1.807) is 14.2 Å². The van der Waals surface area contributed by atoms with Crippen molar-refractivity contribution in [3.63, 3.8) is 0 Å². The molecule has 0 radical (unpaired) electrons. The lowest BCUT2D eigenvalue weighted by Gasteiger charge is -2.14. The zero-order valence-electron chi connectivity index (χ0n) is 17.3. The monoisotopic (exact) mass is 507 g/mol. The Hall–Kier alpha value is -2.13. The van der Waals surface area contributed by atoms with Gasteiger partial charge >= 0.3 is 0 Å². The van der Waals surface area contributed by atoms with Crippen LogP contribution in [0.15, 0.2) is 53.5 Å². The van der Waals surface area contributed by atoms with Gasteiger partial charge in [0, 0.05) is 33.8 Å². The van der Waals surface area contributed by atoms with Gasteiger partial charge in [0.05, 0.1) is 17.6 Å². The van der Waals surface area contributed by atoms with Crippen molar-refractivity contribution >= 4 is 41.0 Å². The summed E-state index contributed by atoms with van der Waals surface area (Å²) in [5.74, 6) is 1.86. The molecule has 7 heteroatoms. The molecule has 0 aliphatic carbocycles. The van der Waals surface area contributed by atoms with Gasteiger partial charge in [-0.15, -0.1) is 24.0 Å². The summed E-state index contributed by atoms with van der Waals surface area (Å²) in [4.78, 5) is 8.95. The summed E-state index contributed by atoms with van der Waals surface area (Å²) in [7, 11) is 3.51. The van der Waals surface area contributed by atoms with Crippen LogP contribution in [0.3, 0.4) is 0 Å². The molecule has 0 saturated carbocycles. The Labute approximate surface area is 189 Å². The van der Waals surface area contributed by atoms with E-state index in [4.69, 9.17) is 4.74 Å². The summed E-state index contributed by atoms with van der Waals surface area (Å²) in [5.41, 5.74) is 4.65. The molecule has 29 heavy (non-hydrogen) atoms. The van der Waals surface area contributed by atoms with Gasteiger partial charge in [-0.25, -0.2) is 4.98 Å². The van der Waals surface area contributed by atoms with Crippen molar-refractivity contribution in [1.29, 1.82) is 0 Å². The van der Waals surface area contributed by atoms with Gasteiger partial charge in [-0.1, -0.05) is 36.4 Å². The van der Waals surface area contributed by atoms with E-state index in [0.29, 0.717) is 13.2 Å². The molecule has 2 aromatic carbocycles. The molecule has 0 fully saturated rings. The van der Waals surface area contributed by atoms with Gasteiger partial charge in [0.15, 0.2) is 5.96 Å². The maximum atomic E-state index is 5.28. The van der Waals surface area contributed by atoms with E-state index in [9.17, 15) is 0 Å². The number of imidazole rings is 1. The molecule has 0 spiro atoms. The fourth-order valence-electron chi connectivity index (χ4n) is 3.35. The Morgan fingerprint density at radius 2 is 1.79 bits per heavy atom. The van der Waals surface area contributed by atoms with Crippen LogP contribution in [0.2, 0.25) is 0 Å². The Kier molecular flexibility index (Phi) is 9.40. The molecule has 0 aliphatic rings. The maximum absolute atomic E-state index is 5.28. The minimum atomic E-state index is 0. The zero-order valence-corrected chi connectivity index (χ0v) is 19.6. The van der Waals surface area contributed by atoms with E-state index in [0.717, 1.165) is 36.8 Å². The third kappa shape index (κ3) is 6.17. The second kappa shape index (κ2) is 11.8. The molecule has 3 rings (SSSR count). The van der Waals surface area contributed by atoms with Crippen molar-refractivity contribution in [2.75, 3.05) is 20.7 Å². The second-order valence-corrected chi connectivity index (χ2v) is 6.71. The van der Waals surface area contributed by atoms with E-state index in [2.05, 4.69) is 62.4 Å². The lowest BCUT2D eigenvalue weighted by atomic mass is 10.1. The highest BCUT2D eigenvalue weighted by molar-refractivity contribution is 14.0. The molecule has 3 aromatic rings. The quantitative estimate of drug-likeness (QED) is 0.210. The molecule has 6 nitrogen and oxygen atoms in total. The van der Waals surface area contributed by atoms with Crippen LogP contribution >= 0.6 is 24.0 Å². The van der Waals surface area contributed by atoms with Crippen molar-refractivity contribution in [1.82, 2.24) is 20.2 Å². The van der Waals surface area contributed by atoms with Gasteiger partial charge in [-0.2, -0.15) is 0 Å². The normalized spacial score (nSPS) is 11.3. The largest absolute Gasteiger partial charge is 0.380 e. The van der Waals surface area contributed by atoms with E-state index in [1.807, 2.05) is 18.2 Å². The van der Waals surface area contributed by atoms with Crippen LogP contribution in [0.5, 0.6) is 0 Å². The van der Waals surface area contributed by atoms with Crippen LogP contribution < -0.4 is 10.6 Å². The number of para-hydroxylation sites is 2. The van der Waals surface area contributed by atoms with Crippen molar-refractivity contribution in [2.45, 2.75) is 33.0 Å². The Bertz CT molecular complexity index is 938. The SMILES string of the molecule is CN=C(NCCCn1c(C)nc2ccccc21)NCc1ccccc1COC.I. The van der Waals surface area contributed by atoms with Crippen molar-refractivity contribution in [3.05, 3.63) is 65.5 Å². The fourth-order valence-corrected chi connectivity index (χ4v) is 3.35. The number of ether oxygens (including phenoxy) is 1. The molecule has 2 N–H and O–H groups in total. The number of fused-ring (bicyclic) bond motifs is 1. The molecule has 0 atom stereocenters. The number of hydrogen-bond donors (Lipinski definition) is 2. The summed E-state index contributed by atoms with van der Waals surface area (Å²) in [5, 5.41) is 6.78. The number of benzene rings is 2. The molecule has 0 saturated heterocycles.